The van der Waals surface area contributed by atoms with Gasteiger partial charge in [0, 0.05) is 30.5 Å². The first-order valence-electron chi connectivity index (χ1n) is 8.24. The molecule has 1 atom stereocenters. The Hall–Kier alpha value is -1.00. The average molecular weight is 290 g/mol. The van der Waals surface area contributed by atoms with E-state index in [0.717, 1.165) is 37.9 Å². The van der Waals surface area contributed by atoms with Gasteiger partial charge in [-0.2, -0.15) is 0 Å². The number of aliphatic hydroxyl groups is 1. The Labute approximate surface area is 127 Å². The fraction of sp³-hybridized carbons (Fsp3) is 0.765. The van der Waals surface area contributed by atoms with Crippen LogP contribution in [0, 0.1) is 11.3 Å². The molecule has 2 heterocycles. The number of ether oxygens (including phenoxy) is 1. The Morgan fingerprint density at radius 3 is 2.48 bits per heavy atom. The Balaban J connectivity index is 1.43. The van der Waals surface area contributed by atoms with Gasteiger partial charge in [0.05, 0.1) is 13.2 Å². The zero-order valence-electron chi connectivity index (χ0n) is 13.1. The van der Waals surface area contributed by atoms with Crippen LogP contribution in [0.25, 0.3) is 0 Å². The van der Waals surface area contributed by atoms with Crippen LogP contribution in [-0.4, -0.2) is 53.0 Å². The van der Waals surface area contributed by atoms with Gasteiger partial charge in [0.15, 0.2) is 0 Å². The lowest BCUT2D eigenvalue weighted by Gasteiger charge is -2.76. The number of hydrogen-bond donors (Lipinski definition) is 1. The third-order valence-electron chi connectivity index (χ3n) is 6.20. The summed E-state index contributed by atoms with van der Waals surface area (Å²) in [5.74, 6) is 0.768. The minimum absolute atomic E-state index is 0.243. The second-order valence-electron chi connectivity index (χ2n) is 7.60. The minimum Gasteiger partial charge on any atom is -0.378 e. The molecule has 4 heteroatoms. The number of hydrogen-bond acceptors (Lipinski definition) is 4. The normalized spacial score (nSPS) is 41.7. The highest BCUT2D eigenvalue weighted by Crippen LogP contribution is 2.73. The monoisotopic (exact) mass is 290 g/mol. The predicted octanol–water partition coefficient (Wildman–Crippen LogP) is 1.93. The van der Waals surface area contributed by atoms with E-state index in [1.807, 2.05) is 6.08 Å². The molecule has 2 bridgehead atoms. The molecular formula is C17H26N2O2. The first-order valence-corrected chi connectivity index (χ1v) is 8.24. The van der Waals surface area contributed by atoms with Gasteiger partial charge < -0.3 is 19.6 Å². The molecule has 4 fully saturated rings. The molecule has 3 saturated carbocycles. The molecule has 2 aliphatic heterocycles. The van der Waals surface area contributed by atoms with Crippen LogP contribution in [-0.2, 0) is 4.74 Å². The van der Waals surface area contributed by atoms with E-state index in [1.54, 1.807) is 0 Å². The van der Waals surface area contributed by atoms with Crippen molar-refractivity contribution < 1.29 is 9.84 Å². The van der Waals surface area contributed by atoms with E-state index in [-0.39, 0.29) is 5.54 Å². The van der Waals surface area contributed by atoms with Crippen LogP contribution in [0.3, 0.4) is 0 Å². The maximum absolute atomic E-state index is 10.6. The maximum atomic E-state index is 10.6. The number of allylic oxidation sites excluding steroid dienone is 1. The van der Waals surface area contributed by atoms with Crippen molar-refractivity contribution in [1.82, 2.24) is 9.80 Å². The Morgan fingerprint density at radius 2 is 1.90 bits per heavy atom. The lowest BCUT2D eigenvalue weighted by molar-refractivity contribution is -0.250. The van der Waals surface area contributed by atoms with E-state index in [2.05, 4.69) is 35.9 Å². The van der Waals surface area contributed by atoms with Crippen molar-refractivity contribution in [2.75, 3.05) is 26.3 Å². The number of nitrogens with zero attached hydrogens (tertiary/aromatic N) is 2. The molecule has 1 unspecified atom stereocenters. The van der Waals surface area contributed by atoms with Crippen LogP contribution in [0.1, 0.15) is 33.1 Å². The molecule has 0 amide bonds. The van der Waals surface area contributed by atoms with E-state index in [4.69, 9.17) is 4.74 Å². The number of morpholine rings is 1. The largest absolute Gasteiger partial charge is 0.378 e. The standard InChI is InChI=1S/C17H26N2O2/c1-13(2)16-10-17(11-16,12-16)19-4-3-14(9-15(19)20)18-5-7-21-8-6-18/h3-4,9,13,15,20H,5-8,10-12H2,1-2H3. The van der Waals surface area contributed by atoms with Gasteiger partial charge in [-0.25, -0.2) is 0 Å². The van der Waals surface area contributed by atoms with E-state index in [0.29, 0.717) is 5.41 Å². The highest BCUT2D eigenvalue weighted by atomic mass is 16.5. The molecule has 21 heavy (non-hydrogen) atoms. The summed E-state index contributed by atoms with van der Waals surface area (Å²) in [4.78, 5) is 4.50. The lowest BCUT2D eigenvalue weighted by atomic mass is 9.35. The molecule has 0 aromatic carbocycles. The summed E-state index contributed by atoms with van der Waals surface area (Å²) < 4.78 is 5.39. The molecule has 0 aromatic heterocycles. The molecule has 1 saturated heterocycles. The van der Waals surface area contributed by atoms with E-state index >= 15 is 0 Å². The molecule has 4 nitrogen and oxygen atoms in total. The molecule has 5 rings (SSSR count). The van der Waals surface area contributed by atoms with Crippen LogP contribution in [0.15, 0.2) is 24.0 Å². The van der Waals surface area contributed by atoms with Crippen molar-refractivity contribution in [3.05, 3.63) is 24.0 Å². The van der Waals surface area contributed by atoms with Crippen LogP contribution in [0.5, 0.6) is 0 Å². The second kappa shape index (κ2) is 4.50. The smallest absolute Gasteiger partial charge is 0.148 e. The third kappa shape index (κ3) is 1.88. The van der Waals surface area contributed by atoms with Crippen molar-refractivity contribution in [1.29, 1.82) is 0 Å². The fourth-order valence-corrected chi connectivity index (χ4v) is 4.70. The topological polar surface area (TPSA) is 35.9 Å². The first-order chi connectivity index (χ1) is 10.0. The predicted molar refractivity (Wildman–Crippen MR) is 81.3 cm³/mol. The fourth-order valence-electron chi connectivity index (χ4n) is 4.70. The summed E-state index contributed by atoms with van der Waals surface area (Å²) in [5.41, 5.74) is 1.96. The zero-order chi connectivity index (χ0) is 14.7. The highest BCUT2D eigenvalue weighted by molar-refractivity contribution is 5.31. The molecular weight excluding hydrogens is 264 g/mol. The van der Waals surface area contributed by atoms with Gasteiger partial charge in [-0.15, -0.1) is 0 Å². The summed E-state index contributed by atoms with van der Waals surface area (Å²) in [6.07, 6.45) is 9.57. The first kappa shape index (κ1) is 13.6. The van der Waals surface area contributed by atoms with Gasteiger partial charge in [0.1, 0.15) is 6.23 Å². The van der Waals surface area contributed by atoms with Gasteiger partial charge >= 0.3 is 0 Å². The quantitative estimate of drug-likeness (QED) is 0.861. The minimum atomic E-state index is -0.474. The number of aliphatic hydroxyl groups excluding tert-OH is 1. The summed E-state index contributed by atoms with van der Waals surface area (Å²) >= 11 is 0. The summed E-state index contributed by atoms with van der Waals surface area (Å²) in [6.45, 7) is 8.08. The Kier molecular flexibility index (Phi) is 2.92. The third-order valence-corrected chi connectivity index (χ3v) is 6.20. The van der Waals surface area contributed by atoms with Crippen molar-refractivity contribution in [2.24, 2.45) is 11.3 Å². The van der Waals surface area contributed by atoms with E-state index in [1.165, 1.54) is 19.3 Å². The molecule has 116 valence electrons. The van der Waals surface area contributed by atoms with Crippen molar-refractivity contribution in [3.8, 4) is 0 Å². The van der Waals surface area contributed by atoms with E-state index in [9.17, 15) is 5.11 Å². The van der Waals surface area contributed by atoms with E-state index < -0.39 is 6.23 Å². The maximum Gasteiger partial charge on any atom is 0.148 e. The SMILES string of the molecule is CC(C)C12CC(N3C=CC(N4CCOCC4)=CC3O)(C1)C2. The molecule has 1 N–H and O–H groups in total. The van der Waals surface area contributed by atoms with Crippen molar-refractivity contribution in [2.45, 2.75) is 44.9 Å². The highest BCUT2D eigenvalue weighted by Gasteiger charge is 2.71. The van der Waals surface area contributed by atoms with Crippen LogP contribution in [0.2, 0.25) is 0 Å². The van der Waals surface area contributed by atoms with Crippen LogP contribution < -0.4 is 0 Å². The number of rotatable bonds is 3. The lowest BCUT2D eigenvalue weighted by Crippen LogP contribution is -2.76. The average Bonchev–Trinajstić information content (AvgIpc) is 2.38. The Bertz CT molecular complexity index is 471. The van der Waals surface area contributed by atoms with Gasteiger partial charge in [0.25, 0.3) is 0 Å². The molecule has 0 spiro atoms. The summed E-state index contributed by atoms with van der Waals surface area (Å²) in [7, 11) is 0. The summed E-state index contributed by atoms with van der Waals surface area (Å²) in [6, 6.07) is 0. The molecule has 0 radical (unpaired) electrons. The molecule has 3 aliphatic carbocycles. The van der Waals surface area contributed by atoms with Gasteiger partial charge in [0.2, 0.25) is 0 Å². The van der Waals surface area contributed by atoms with Gasteiger partial charge in [-0.3, -0.25) is 0 Å². The van der Waals surface area contributed by atoms with Crippen molar-refractivity contribution in [3.63, 3.8) is 0 Å². The Morgan fingerprint density at radius 1 is 1.24 bits per heavy atom. The molecule has 0 aromatic rings. The molecule has 5 aliphatic rings. The van der Waals surface area contributed by atoms with Gasteiger partial charge in [-0.1, -0.05) is 13.8 Å². The second-order valence-corrected chi connectivity index (χ2v) is 7.60. The van der Waals surface area contributed by atoms with Crippen LogP contribution in [0.4, 0.5) is 0 Å². The van der Waals surface area contributed by atoms with Gasteiger partial charge in [-0.05, 0) is 42.7 Å². The van der Waals surface area contributed by atoms with Crippen LogP contribution >= 0.6 is 0 Å². The van der Waals surface area contributed by atoms with Crippen molar-refractivity contribution >= 4 is 0 Å². The zero-order valence-corrected chi connectivity index (χ0v) is 13.1. The summed E-state index contributed by atoms with van der Waals surface area (Å²) in [5, 5.41) is 10.6.